The molecule has 1 saturated heterocycles. The first-order valence-electron chi connectivity index (χ1n) is 6.05. The fraction of sp³-hybridized carbons (Fsp3) is 0.818. The topological polar surface area (TPSA) is 146 Å². The Morgan fingerprint density at radius 1 is 1.40 bits per heavy atom. The molecule has 1 aliphatic heterocycles. The SMILES string of the molecule is CC(=O)N[C@@H]1[C@@H](O[C@@H](C)C(=O)O)[C@H](O)[C@@H](CO)O[C@H]1O. The van der Waals surface area contributed by atoms with Crippen molar-refractivity contribution >= 4 is 11.9 Å². The predicted octanol–water partition coefficient (Wildman–Crippen LogP) is -2.58. The van der Waals surface area contributed by atoms with E-state index in [-0.39, 0.29) is 0 Å². The summed E-state index contributed by atoms with van der Waals surface area (Å²) in [6.45, 7) is 1.84. The van der Waals surface area contributed by atoms with Gasteiger partial charge in [-0.15, -0.1) is 0 Å². The maximum atomic E-state index is 11.1. The zero-order valence-electron chi connectivity index (χ0n) is 11.1. The van der Waals surface area contributed by atoms with Crippen LogP contribution in [0, 0.1) is 0 Å². The monoisotopic (exact) mass is 293 g/mol. The summed E-state index contributed by atoms with van der Waals surface area (Å²) in [6.07, 6.45) is -6.57. The van der Waals surface area contributed by atoms with Crippen LogP contribution in [0.1, 0.15) is 13.8 Å². The standard InChI is InChI=1S/C11H19NO8/c1-4(10(16)17)19-9-7(12-5(2)14)11(18)20-6(3-13)8(9)15/h4,6-9,11,13,15,18H,3H2,1-2H3,(H,12,14)(H,16,17)/t4-,6+,7+,8+,9+,11+/m0/s1. The summed E-state index contributed by atoms with van der Waals surface area (Å²) in [6, 6.07) is -1.15. The molecule has 6 atom stereocenters. The second-order valence-electron chi connectivity index (χ2n) is 4.55. The Hall–Kier alpha value is -1.26. The van der Waals surface area contributed by atoms with Gasteiger partial charge in [0.15, 0.2) is 12.4 Å². The van der Waals surface area contributed by atoms with E-state index < -0.39 is 55.2 Å². The molecule has 116 valence electrons. The van der Waals surface area contributed by atoms with E-state index in [1.165, 1.54) is 13.8 Å². The zero-order valence-corrected chi connectivity index (χ0v) is 11.1. The number of amides is 1. The van der Waals surface area contributed by atoms with Gasteiger partial charge in [-0.2, -0.15) is 0 Å². The minimum atomic E-state index is -1.54. The molecule has 9 nitrogen and oxygen atoms in total. The van der Waals surface area contributed by atoms with Gasteiger partial charge in [-0.1, -0.05) is 0 Å². The van der Waals surface area contributed by atoms with Gasteiger partial charge < -0.3 is 35.2 Å². The van der Waals surface area contributed by atoms with E-state index in [2.05, 4.69) is 5.32 Å². The van der Waals surface area contributed by atoms with Gasteiger partial charge in [0.05, 0.1) is 6.61 Å². The van der Waals surface area contributed by atoms with E-state index in [4.69, 9.17) is 19.7 Å². The largest absolute Gasteiger partial charge is 0.479 e. The normalized spacial score (nSPS) is 35.4. The number of aliphatic carboxylic acids is 1. The molecule has 1 rings (SSSR count). The quantitative estimate of drug-likeness (QED) is 0.371. The number of ether oxygens (including phenoxy) is 2. The van der Waals surface area contributed by atoms with Crippen molar-refractivity contribution in [2.45, 2.75) is 50.6 Å². The van der Waals surface area contributed by atoms with Gasteiger partial charge in [0, 0.05) is 6.92 Å². The van der Waals surface area contributed by atoms with Crippen molar-refractivity contribution < 1.29 is 39.5 Å². The fourth-order valence-electron chi connectivity index (χ4n) is 1.93. The van der Waals surface area contributed by atoms with Crippen molar-refractivity contribution in [1.29, 1.82) is 0 Å². The number of carbonyl (C=O) groups excluding carboxylic acids is 1. The molecule has 1 aliphatic rings. The van der Waals surface area contributed by atoms with E-state index in [9.17, 15) is 19.8 Å². The molecule has 0 spiro atoms. The van der Waals surface area contributed by atoms with Crippen molar-refractivity contribution in [2.75, 3.05) is 6.61 Å². The number of hydrogen-bond donors (Lipinski definition) is 5. The number of aliphatic hydroxyl groups excluding tert-OH is 3. The highest BCUT2D eigenvalue weighted by Crippen LogP contribution is 2.23. The van der Waals surface area contributed by atoms with Crippen LogP contribution in [0.2, 0.25) is 0 Å². The van der Waals surface area contributed by atoms with Crippen LogP contribution in [-0.4, -0.2) is 75.7 Å². The van der Waals surface area contributed by atoms with Crippen molar-refractivity contribution in [3.05, 3.63) is 0 Å². The van der Waals surface area contributed by atoms with E-state index in [0.29, 0.717) is 0 Å². The van der Waals surface area contributed by atoms with Crippen LogP contribution < -0.4 is 5.32 Å². The van der Waals surface area contributed by atoms with Gasteiger partial charge in [-0.3, -0.25) is 4.79 Å². The highest BCUT2D eigenvalue weighted by atomic mass is 16.6. The van der Waals surface area contributed by atoms with Gasteiger partial charge >= 0.3 is 5.97 Å². The molecule has 0 aromatic carbocycles. The highest BCUT2D eigenvalue weighted by Gasteiger charge is 2.46. The van der Waals surface area contributed by atoms with Gasteiger partial charge in [0.1, 0.15) is 24.4 Å². The molecule has 1 heterocycles. The number of nitrogens with one attached hydrogen (secondary N) is 1. The fourth-order valence-corrected chi connectivity index (χ4v) is 1.93. The average molecular weight is 293 g/mol. The molecule has 0 aliphatic carbocycles. The third-order valence-electron chi connectivity index (χ3n) is 2.95. The van der Waals surface area contributed by atoms with Crippen LogP contribution >= 0.6 is 0 Å². The second-order valence-corrected chi connectivity index (χ2v) is 4.55. The number of carboxylic acid groups (broad SMARTS) is 1. The number of carbonyl (C=O) groups is 2. The predicted molar refractivity (Wildman–Crippen MR) is 63.5 cm³/mol. The number of hydrogen-bond acceptors (Lipinski definition) is 7. The van der Waals surface area contributed by atoms with E-state index in [1.54, 1.807) is 0 Å². The Morgan fingerprint density at radius 2 is 2.00 bits per heavy atom. The Kier molecular flexibility index (Phi) is 5.84. The Bertz CT molecular complexity index is 362. The van der Waals surface area contributed by atoms with Crippen LogP contribution in [0.5, 0.6) is 0 Å². The molecule has 1 amide bonds. The lowest BCUT2D eigenvalue weighted by atomic mass is 9.96. The first kappa shape index (κ1) is 16.8. The van der Waals surface area contributed by atoms with Crippen LogP contribution in [-0.2, 0) is 19.1 Å². The van der Waals surface area contributed by atoms with Crippen molar-refractivity contribution in [1.82, 2.24) is 5.32 Å². The lowest BCUT2D eigenvalue weighted by Crippen LogP contribution is -2.65. The van der Waals surface area contributed by atoms with Crippen LogP contribution in [0.15, 0.2) is 0 Å². The summed E-state index contributed by atoms with van der Waals surface area (Å²) in [7, 11) is 0. The maximum Gasteiger partial charge on any atom is 0.332 e. The Labute approximate surface area is 115 Å². The third-order valence-corrected chi connectivity index (χ3v) is 2.95. The van der Waals surface area contributed by atoms with Crippen LogP contribution in [0.3, 0.4) is 0 Å². The summed E-state index contributed by atoms with van der Waals surface area (Å²) in [5.74, 6) is -1.77. The number of rotatable bonds is 5. The van der Waals surface area contributed by atoms with Crippen molar-refractivity contribution in [3.63, 3.8) is 0 Å². The molecule has 0 saturated carbocycles. The minimum absolute atomic E-state index is 0.510. The molecule has 20 heavy (non-hydrogen) atoms. The molecular weight excluding hydrogens is 274 g/mol. The van der Waals surface area contributed by atoms with Gasteiger partial charge in [0.2, 0.25) is 5.91 Å². The van der Waals surface area contributed by atoms with Gasteiger partial charge in [-0.25, -0.2) is 4.79 Å². The second kappa shape index (κ2) is 6.95. The van der Waals surface area contributed by atoms with E-state index in [1.807, 2.05) is 0 Å². The molecular formula is C11H19NO8. The summed E-state index contributed by atoms with van der Waals surface area (Å²) in [5, 5.41) is 40.0. The maximum absolute atomic E-state index is 11.1. The van der Waals surface area contributed by atoms with Crippen molar-refractivity contribution in [3.8, 4) is 0 Å². The molecule has 0 aromatic rings. The number of aliphatic hydroxyl groups is 3. The third kappa shape index (κ3) is 3.87. The average Bonchev–Trinajstić information content (AvgIpc) is 2.36. The molecule has 0 aromatic heterocycles. The zero-order chi connectivity index (χ0) is 15.4. The minimum Gasteiger partial charge on any atom is -0.479 e. The van der Waals surface area contributed by atoms with Crippen LogP contribution in [0.4, 0.5) is 0 Å². The van der Waals surface area contributed by atoms with Crippen molar-refractivity contribution in [2.24, 2.45) is 0 Å². The van der Waals surface area contributed by atoms with E-state index in [0.717, 1.165) is 0 Å². The Balaban J connectivity index is 2.92. The number of carboxylic acids is 1. The molecule has 0 radical (unpaired) electrons. The summed E-state index contributed by atoms with van der Waals surface area (Å²) < 4.78 is 10.1. The lowest BCUT2D eigenvalue weighted by molar-refractivity contribution is -0.267. The van der Waals surface area contributed by atoms with Gasteiger partial charge in [0.25, 0.3) is 0 Å². The lowest BCUT2D eigenvalue weighted by Gasteiger charge is -2.42. The molecule has 5 N–H and O–H groups in total. The van der Waals surface area contributed by atoms with Crippen LogP contribution in [0.25, 0.3) is 0 Å². The first-order chi connectivity index (χ1) is 9.27. The first-order valence-corrected chi connectivity index (χ1v) is 6.05. The Morgan fingerprint density at radius 3 is 2.45 bits per heavy atom. The molecule has 0 unspecified atom stereocenters. The molecule has 1 fully saturated rings. The summed E-state index contributed by atoms with van der Waals surface area (Å²) in [4.78, 5) is 21.9. The highest BCUT2D eigenvalue weighted by molar-refractivity contribution is 5.73. The molecule has 0 bridgehead atoms. The summed E-state index contributed by atoms with van der Waals surface area (Å²) >= 11 is 0. The summed E-state index contributed by atoms with van der Waals surface area (Å²) in [5.41, 5.74) is 0. The van der Waals surface area contributed by atoms with Gasteiger partial charge in [-0.05, 0) is 6.92 Å². The smallest absolute Gasteiger partial charge is 0.332 e. The molecule has 9 heteroatoms. The van der Waals surface area contributed by atoms with E-state index >= 15 is 0 Å².